The average molecular weight is 432 g/mol. The van der Waals surface area contributed by atoms with Crippen LogP contribution in [0.1, 0.15) is 30.1 Å². The molecule has 0 saturated carbocycles. The van der Waals surface area contributed by atoms with Gasteiger partial charge in [-0.2, -0.15) is 0 Å². The van der Waals surface area contributed by atoms with Gasteiger partial charge < -0.3 is 9.80 Å². The van der Waals surface area contributed by atoms with Crippen molar-refractivity contribution in [3.63, 3.8) is 0 Å². The molecular weight excluding hydrogens is 412 g/mol. The number of carbonyl (C=O) groups excluding carboxylic acids is 2. The second-order valence-electron chi connectivity index (χ2n) is 6.20. The molecule has 0 N–H and O–H groups in total. The lowest BCUT2D eigenvalue weighted by Crippen LogP contribution is -2.54. The van der Waals surface area contributed by atoms with Crippen molar-refractivity contribution in [3.8, 4) is 0 Å². The van der Waals surface area contributed by atoms with Crippen LogP contribution in [-0.4, -0.2) is 57.2 Å². The largest absolute Gasteiger partial charge is 0.341 e. The van der Waals surface area contributed by atoms with Crippen LogP contribution in [0, 0.1) is 0 Å². The molecule has 2 saturated heterocycles. The highest BCUT2D eigenvalue weighted by atomic mass is 79.9. The van der Waals surface area contributed by atoms with Gasteiger partial charge in [0.1, 0.15) is 5.38 Å². The van der Waals surface area contributed by atoms with E-state index in [0.717, 1.165) is 29.6 Å². The molecule has 1 unspecified atom stereocenters. The highest BCUT2D eigenvalue weighted by molar-refractivity contribution is 9.10. The number of benzene rings is 1. The summed E-state index contributed by atoms with van der Waals surface area (Å²) in [5.41, 5.74) is 0.708. The Labute approximate surface area is 160 Å². The molecule has 1 aromatic carbocycles. The van der Waals surface area contributed by atoms with Crippen LogP contribution in [0.15, 0.2) is 28.7 Å². The smallest absolute Gasteiger partial charge is 0.255 e. The van der Waals surface area contributed by atoms with Gasteiger partial charge in [-0.1, -0.05) is 22.0 Å². The number of carbonyl (C=O) groups is 2. The van der Waals surface area contributed by atoms with Gasteiger partial charge in [0.2, 0.25) is 5.91 Å². The number of hydrogen-bond donors (Lipinski definition) is 0. The molecule has 1 atom stereocenters. The topological polar surface area (TPSA) is 40.6 Å². The second-order valence-corrected chi connectivity index (χ2v) is 9.23. The first kappa shape index (κ1) is 18.1. The second kappa shape index (κ2) is 7.26. The number of alkyl halides is 1. The number of hydrogen-bond acceptors (Lipinski definition) is 3. The molecule has 2 heterocycles. The Hall–Kier alpha value is -0.720. The summed E-state index contributed by atoms with van der Waals surface area (Å²) in [6, 6.07) is 7.53. The van der Waals surface area contributed by atoms with Crippen LogP contribution in [-0.2, 0) is 4.79 Å². The van der Waals surface area contributed by atoms with Crippen LogP contribution >= 0.6 is 39.3 Å². The van der Waals surface area contributed by atoms with Crippen molar-refractivity contribution >= 4 is 51.1 Å². The fraction of sp³-hybridized carbons (Fsp3) is 0.529. The molecule has 2 amide bonds. The van der Waals surface area contributed by atoms with Crippen LogP contribution in [0.25, 0.3) is 0 Å². The maximum atomic E-state index is 13.0. The standard InChI is InChI=1S/C17H20BrClN2O2S/c1-12(19)15(22)20-7-5-17(6-8-20)21(9-10-24-17)16(23)13-3-2-4-14(18)11-13/h2-4,11-12H,5-10H2,1H3. The van der Waals surface area contributed by atoms with E-state index >= 15 is 0 Å². The number of amides is 2. The first-order valence-corrected chi connectivity index (χ1v) is 10.3. The van der Waals surface area contributed by atoms with Crippen LogP contribution in [0.2, 0.25) is 0 Å². The lowest BCUT2D eigenvalue weighted by Gasteiger charge is -2.44. The Balaban J connectivity index is 1.74. The van der Waals surface area contributed by atoms with Crippen LogP contribution in [0.3, 0.4) is 0 Å². The van der Waals surface area contributed by atoms with Gasteiger partial charge in [0.15, 0.2) is 0 Å². The first-order valence-electron chi connectivity index (χ1n) is 8.07. The van der Waals surface area contributed by atoms with E-state index in [9.17, 15) is 9.59 Å². The molecule has 0 aliphatic carbocycles. The molecule has 4 nitrogen and oxygen atoms in total. The van der Waals surface area contributed by atoms with Crippen molar-refractivity contribution in [2.75, 3.05) is 25.4 Å². The van der Waals surface area contributed by atoms with Crippen LogP contribution in [0.4, 0.5) is 0 Å². The Morgan fingerprint density at radius 3 is 2.62 bits per heavy atom. The average Bonchev–Trinajstić information content (AvgIpc) is 2.97. The van der Waals surface area contributed by atoms with Gasteiger partial charge in [-0.25, -0.2) is 0 Å². The van der Waals surface area contributed by atoms with Gasteiger partial charge >= 0.3 is 0 Å². The molecule has 130 valence electrons. The molecule has 2 aliphatic heterocycles. The summed E-state index contributed by atoms with van der Waals surface area (Å²) in [5, 5.41) is -0.491. The van der Waals surface area contributed by atoms with E-state index in [1.807, 2.05) is 45.8 Å². The normalized spacial score (nSPS) is 21.1. The van der Waals surface area contributed by atoms with Gasteiger partial charge in [-0.15, -0.1) is 23.4 Å². The van der Waals surface area contributed by atoms with Crippen molar-refractivity contribution in [2.45, 2.75) is 30.0 Å². The molecule has 1 aromatic rings. The molecule has 3 rings (SSSR count). The zero-order chi connectivity index (χ0) is 17.3. The van der Waals surface area contributed by atoms with Crippen molar-refractivity contribution in [1.82, 2.24) is 9.80 Å². The summed E-state index contributed by atoms with van der Waals surface area (Å²) in [6.07, 6.45) is 1.60. The Bertz CT molecular complexity index is 647. The highest BCUT2D eigenvalue weighted by Crippen LogP contribution is 2.44. The van der Waals surface area contributed by atoms with Crippen molar-refractivity contribution in [2.24, 2.45) is 0 Å². The minimum absolute atomic E-state index is 0.0145. The van der Waals surface area contributed by atoms with Gasteiger partial charge in [-0.3, -0.25) is 9.59 Å². The monoisotopic (exact) mass is 430 g/mol. The molecule has 0 aromatic heterocycles. The van der Waals surface area contributed by atoms with Crippen molar-refractivity contribution in [1.29, 1.82) is 0 Å². The number of likely N-dealkylation sites (tertiary alicyclic amines) is 1. The Morgan fingerprint density at radius 2 is 2.00 bits per heavy atom. The van der Waals surface area contributed by atoms with Gasteiger partial charge in [0, 0.05) is 35.4 Å². The number of halogens is 2. The SMILES string of the molecule is CC(Cl)C(=O)N1CCC2(CC1)SCCN2C(=O)c1cccc(Br)c1. The van der Waals surface area contributed by atoms with Crippen molar-refractivity contribution < 1.29 is 9.59 Å². The predicted molar refractivity (Wildman–Crippen MR) is 101 cm³/mol. The molecule has 24 heavy (non-hydrogen) atoms. The third kappa shape index (κ3) is 3.46. The molecule has 2 fully saturated rings. The fourth-order valence-corrected chi connectivity index (χ4v) is 5.41. The van der Waals surface area contributed by atoms with E-state index in [1.54, 1.807) is 6.92 Å². The number of thioether (sulfide) groups is 1. The summed E-state index contributed by atoms with van der Waals surface area (Å²) in [7, 11) is 0. The maximum absolute atomic E-state index is 13.0. The van der Waals surface area contributed by atoms with Crippen LogP contribution in [0.5, 0.6) is 0 Å². The quantitative estimate of drug-likeness (QED) is 0.672. The van der Waals surface area contributed by atoms with E-state index in [1.165, 1.54) is 0 Å². The third-order valence-corrected chi connectivity index (χ3v) is 6.92. The van der Waals surface area contributed by atoms with Crippen LogP contribution < -0.4 is 0 Å². The maximum Gasteiger partial charge on any atom is 0.255 e. The summed E-state index contributed by atoms with van der Waals surface area (Å²) in [6.45, 7) is 3.79. The Kier molecular flexibility index (Phi) is 5.47. The zero-order valence-corrected chi connectivity index (χ0v) is 16.7. The van der Waals surface area contributed by atoms with E-state index in [4.69, 9.17) is 11.6 Å². The highest BCUT2D eigenvalue weighted by Gasteiger charge is 2.47. The zero-order valence-electron chi connectivity index (χ0n) is 13.5. The number of piperidine rings is 1. The van der Waals surface area contributed by atoms with Gasteiger partial charge in [0.25, 0.3) is 5.91 Å². The fourth-order valence-electron chi connectivity index (χ4n) is 3.41. The Morgan fingerprint density at radius 1 is 1.29 bits per heavy atom. The van der Waals surface area contributed by atoms with E-state index < -0.39 is 5.38 Å². The lowest BCUT2D eigenvalue weighted by molar-refractivity contribution is -0.132. The van der Waals surface area contributed by atoms with E-state index in [2.05, 4.69) is 15.9 Å². The minimum Gasteiger partial charge on any atom is -0.341 e. The molecule has 2 aliphatic rings. The van der Waals surface area contributed by atoms with E-state index in [0.29, 0.717) is 18.7 Å². The predicted octanol–water partition coefficient (Wildman–Crippen LogP) is 3.58. The first-order chi connectivity index (χ1) is 11.4. The summed E-state index contributed by atoms with van der Waals surface area (Å²) < 4.78 is 0.908. The minimum atomic E-state index is -0.491. The summed E-state index contributed by atoms with van der Waals surface area (Å²) >= 11 is 11.2. The number of nitrogens with zero attached hydrogens (tertiary/aromatic N) is 2. The summed E-state index contributed by atoms with van der Waals surface area (Å²) in [5.74, 6) is 1.01. The lowest BCUT2D eigenvalue weighted by atomic mass is 10.0. The van der Waals surface area contributed by atoms with E-state index in [-0.39, 0.29) is 16.7 Å². The van der Waals surface area contributed by atoms with Gasteiger partial charge in [-0.05, 0) is 38.0 Å². The molecule has 0 bridgehead atoms. The number of rotatable bonds is 2. The summed E-state index contributed by atoms with van der Waals surface area (Å²) in [4.78, 5) is 28.7. The molecular formula is C17H20BrClN2O2S. The van der Waals surface area contributed by atoms with Crippen molar-refractivity contribution in [3.05, 3.63) is 34.3 Å². The molecule has 7 heteroatoms. The molecule has 0 radical (unpaired) electrons. The molecule has 1 spiro atoms. The third-order valence-electron chi connectivity index (χ3n) is 4.69. The van der Waals surface area contributed by atoms with Gasteiger partial charge in [0.05, 0.1) is 4.87 Å².